The van der Waals surface area contributed by atoms with Crippen molar-refractivity contribution in [2.24, 2.45) is 0 Å². The number of rotatable bonds is 4. The summed E-state index contributed by atoms with van der Waals surface area (Å²) in [6.07, 6.45) is 0.355. The number of H-pyrrole nitrogens is 1. The first-order valence-corrected chi connectivity index (χ1v) is 10.2. The van der Waals surface area contributed by atoms with Crippen LogP contribution in [0, 0.1) is 13.8 Å². The van der Waals surface area contributed by atoms with Gasteiger partial charge in [-0.1, -0.05) is 6.07 Å². The fourth-order valence-corrected chi connectivity index (χ4v) is 5.52. The van der Waals surface area contributed by atoms with Crippen LogP contribution in [0.2, 0.25) is 0 Å². The lowest BCUT2D eigenvalue weighted by atomic mass is 10.1. The monoisotopic (exact) mass is 367 g/mol. The molecule has 1 amide bonds. The molecule has 24 heavy (non-hydrogen) atoms. The quantitative estimate of drug-likeness (QED) is 0.895. The summed E-state index contributed by atoms with van der Waals surface area (Å²) in [7, 11) is -3.42. The van der Waals surface area contributed by atoms with E-state index in [4.69, 9.17) is 0 Å². The second-order valence-corrected chi connectivity index (χ2v) is 9.11. The van der Waals surface area contributed by atoms with Gasteiger partial charge in [-0.2, -0.15) is 4.31 Å². The molecule has 1 aliphatic rings. The highest BCUT2D eigenvalue weighted by Gasteiger charge is 2.30. The molecule has 3 rings (SSSR count). The van der Waals surface area contributed by atoms with Crippen molar-refractivity contribution in [2.75, 3.05) is 26.2 Å². The SMILES string of the molecule is Cc1cc(CC(=O)N2CCN(S(=O)(=O)c3cccs3)CC2)c(C)[nH]1. The molecule has 0 atom stereocenters. The van der Waals surface area contributed by atoms with E-state index in [9.17, 15) is 13.2 Å². The van der Waals surface area contributed by atoms with Gasteiger partial charge in [-0.15, -0.1) is 11.3 Å². The van der Waals surface area contributed by atoms with E-state index in [1.54, 1.807) is 22.4 Å². The Balaban J connectivity index is 1.61. The largest absolute Gasteiger partial charge is 0.362 e. The zero-order valence-electron chi connectivity index (χ0n) is 13.8. The number of aromatic nitrogens is 1. The number of sulfonamides is 1. The van der Waals surface area contributed by atoms with Gasteiger partial charge in [-0.3, -0.25) is 4.79 Å². The van der Waals surface area contributed by atoms with Crippen LogP contribution in [0.4, 0.5) is 0 Å². The maximum Gasteiger partial charge on any atom is 0.252 e. The highest BCUT2D eigenvalue weighted by molar-refractivity contribution is 7.91. The number of amides is 1. The number of nitrogens with one attached hydrogen (secondary N) is 1. The van der Waals surface area contributed by atoms with Gasteiger partial charge in [-0.05, 0) is 36.9 Å². The summed E-state index contributed by atoms with van der Waals surface area (Å²) in [6.45, 7) is 5.49. The summed E-state index contributed by atoms with van der Waals surface area (Å²) >= 11 is 1.22. The van der Waals surface area contributed by atoms with Crippen molar-refractivity contribution in [1.29, 1.82) is 0 Å². The number of thiophene rings is 1. The Morgan fingerprint density at radius 1 is 1.25 bits per heavy atom. The van der Waals surface area contributed by atoms with Crippen molar-refractivity contribution in [3.63, 3.8) is 0 Å². The Bertz CT molecular complexity index is 817. The zero-order chi connectivity index (χ0) is 17.3. The van der Waals surface area contributed by atoms with Crippen LogP contribution < -0.4 is 0 Å². The predicted octanol–water partition coefficient (Wildman–Crippen LogP) is 1.77. The first kappa shape index (κ1) is 17.2. The molecule has 0 radical (unpaired) electrons. The summed E-state index contributed by atoms with van der Waals surface area (Å²) in [4.78, 5) is 17.4. The fourth-order valence-electron chi connectivity index (χ4n) is 2.96. The summed E-state index contributed by atoms with van der Waals surface area (Å²) in [5, 5.41) is 1.76. The van der Waals surface area contributed by atoms with Crippen LogP contribution in [0.3, 0.4) is 0 Å². The standard InChI is InChI=1S/C16H21N3O3S2/c1-12-10-14(13(2)17-12)11-15(20)18-5-7-19(8-6-18)24(21,22)16-4-3-9-23-16/h3-4,9-10,17H,5-8,11H2,1-2H3. The number of hydrogen-bond donors (Lipinski definition) is 1. The van der Waals surface area contributed by atoms with Crippen LogP contribution in [-0.4, -0.2) is 54.7 Å². The molecule has 2 aromatic rings. The average molecular weight is 367 g/mol. The predicted molar refractivity (Wildman–Crippen MR) is 93.6 cm³/mol. The van der Waals surface area contributed by atoms with Gasteiger partial charge >= 0.3 is 0 Å². The van der Waals surface area contributed by atoms with Gasteiger partial charge in [0.05, 0.1) is 6.42 Å². The molecular weight excluding hydrogens is 346 g/mol. The molecule has 6 nitrogen and oxygen atoms in total. The van der Waals surface area contributed by atoms with Crippen molar-refractivity contribution in [3.05, 3.63) is 40.5 Å². The molecule has 1 saturated heterocycles. The molecule has 0 aliphatic carbocycles. The van der Waals surface area contributed by atoms with Gasteiger partial charge in [-0.25, -0.2) is 8.42 Å². The molecule has 2 aromatic heterocycles. The zero-order valence-corrected chi connectivity index (χ0v) is 15.4. The van der Waals surface area contributed by atoms with E-state index < -0.39 is 10.0 Å². The molecule has 0 aromatic carbocycles. The van der Waals surface area contributed by atoms with Crippen LogP contribution in [-0.2, 0) is 21.2 Å². The van der Waals surface area contributed by atoms with Crippen molar-refractivity contribution in [2.45, 2.75) is 24.5 Å². The summed E-state index contributed by atoms with van der Waals surface area (Å²) < 4.78 is 26.8. The van der Waals surface area contributed by atoms with Gasteiger partial charge < -0.3 is 9.88 Å². The second-order valence-electron chi connectivity index (χ2n) is 6.00. The molecule has 0 unspecified atom stereocenters. The molecule has 0 saturated carbocycles. The van der Waals surface area contributed by atoms with Gasteiger partial charge in [0.2, 0.25) is 5.91 Å². The third-order valence-electron chi connectivity index (χ3n) is 4.28. The molecular formula is C16H21N3O3S2. The third-order valence-corrected chi connectivity index (χ3v) is 7.55. The van der Waals surface area contributed by atoms with E-state index in [0.29, 0.717) is 36.8 Å². The Labute approximate surface area is 146 Å². The number of nitrogens with zero attached hydrogens (tertiary/aromatic N) is 2. The number of piperazine rings is 1. The maximum atomic E-state index is 12.5. The minimum Gasteiger partial charge on any atom is -0.362 e. The Hall–Kier alpha value is -1.64. The van der Waals surface area contributed by atoms with Crippen LogP contribution in [0.1, 0.15) is 17.0 Å². The number of hydrogen-bond acceptors (Lipinski definition) is 4. The summed E-state index contributed by atoms with van der Waals surface area (Å²) in [6, 6.07) is 5.35. The van der Waals surface area contributed by atoms with Crippen molar-refractivity contribution in [3.8, 4) is 0 Å². The van der Waals surface area contributed by atoms with Crippen LogP contribution in [0.25, 0.3) is 0 Å². The van der Waals surface area contributed by atoms with Crippen LogP contribution in [0.5, 0.6) is 0 Å². The molecule has 1 fully saturated rings. The number of aromatic amines is 1. The first-order valence-electron chi connectivity index (χ1n) is 7.84. The summed E-state index contributed by atoms with van der Waals surface area (Å²) in [5.74, 6) is 0.0465. The van der Waals surface area contributed by atoms with Crippen LogP contribution >= 0.6 is 11.3 Å². The van der Waals surface area contributed by atoms with Crippen molar-refractivity contribution >= 4 is 27.3 Å². The first-order chi connectivity index (χ1) is 11.4. The lowest BCUT2D eigenvalue weighted by Crippen LogP contribution is -2.50. The van der Waals surface area contributed by atoms with E-state index in [-0.39, 0.29) is 5.91 Å². The van der Waals surface area contributed by atoms with Crippen molar-refractivity contribution in [1.82, 2.24) is 14.2 Å². The van der Waals surface area contributed by atoms with Crippen molar-refractivity contribution < 1.29 is 13.2 Å². The second kappa shape index (κ2) is 6.70. The Morgan fingerprint density at radius 2 is 1.96 bits per heavy atom. The molecule has 0 bridgehead atoms. The number of aryl methyl sites for hydroxylation is 2. The third kappa shape index (κ3) is 3.40. The van der Waals surface area contributed by atoms with Gasteiger partial charge in [0, 0.05) is 37.6 Å². The van der Waals surface area contributed by atoms with Gasteiger partial charge in [0.25, 0.3) is 10.0 Å². The van der Waals surface area contributed by atoms with Crippen LogP contribution in [0.15, 0.2) is 27.8 Å². The number of carbonyl (C=O) groups is 1. The van der Waals surface area contributed by atoms with E-state index in [1.165, 1.54) is 15.6 Å². The topological polar surface area (TPSA) is 73.5 Å². The lowest BCUT2D eigenvalue weighted by molar-refractivity contribution is -0.131. The van der Waals surface area contributed by atoms with Gasteiger partial charge in [0.15, 0.2) is 0 Å². The average Bonchev–Trinajstić information content (AvgIpc) is 3.18. The van der Waals surface area contributed by atoms with E-state index in [1.807, 2.05) is 19.9 Å². The summed E-state index contributed by atoms with van der Waals surface area (Å²) in [5.41, 5.74) is 3.06. The van der Waals surface area contributed by atoms with E-state index >= 15 is 0 Å². The Kier molecular flexibility index (Phi) is 4.80. The smallest absolute Gasteiger partial charge is 0.252 e. The van der Waals surface area contributed by atoms with Gasteiger partial charge in [0.1, 0.15) is 4.21 Å². The molecule has 3 heterocycles. The van der Waals surface area contributed by atoms with E-state index in [0.717, 1.165) is 17.0 Å². The molecule has 130 valence electrons. The van der Waals surface area contributed by atoms with E-state index in [2.05, 4.69) is 4.98 Å². The molecule has 0 spiro atoms. The minimum absolute atomic E-state index is 0.0465. The lowest BCUT2D eigenvalue weighted by Gasteiger charge is -2.33. The fraction of sp³-hybridized carbons (Fsp3) is 0.438. The normalized spacial score (nSPS) is 16.5. The maximum absolute atomic E-state index is 12.5. The highest BCUT2D eigenvalue weighted by Crippen LogP contribution is 2.22. The molecule has 1 aliphatic heterocycles. The highest BCUT2D eigenvalue weighted by atomic mass is 32.2. The number of carbonyl (C=O) groups excluding carboxylic acids is 1. The minimum atomic E-state index is -3.42. The molecule has 1 N–H and O–H groups in total. The Morgan fingerprint density at radius 3 is 2.50 bits per heavy atom. The molecule has 8 heteroatoms.